The van der Waals surface area contributed by atoms with Crippen LogP contribution in [0.5, 0.6) is 0 Å². The van der Waals surface area contributed by atoms with Crippen molar-refractivity contribution in [2.75, 3.05) is 6.54 Å². The van der Waals surface area contributed by atoms with Gasteiger partial charge in [0.15, 0.2) is 0 Å². The number of rotatable bonds is 5. The Labute approximate surface area is 143 Å². The van der Waals surface area contributed by atoms with Crippen LogP contribution in [0.4, 0.5) is 0 Å². The minimum Gasteiger partial charge on any atom is -0.381 e. The van der Waals surface area contributed by atoms with Crippen molar-refractivity contribution in [2.24, 2.45) is 0 Å². The predicted molar refractivity (Wildman–Crippen MR) is 93.8 cm³/mol. The average molecular weight is 370 g/mol. The number of allylic oxidation sites excluding steroid dienone is 2. The van der Waals surface area contributed by atoms with E-state index < -0.39 is 0 Å². The minimum absolute atomic E-state index is 0.133. The van der Waals surface area contributed by atoms with Gasteiger partial charge in [0.2, 0.25) is 11.6 Å². The maximum atomic E-state index is 12.5. The fourth-order valence-electron chi connectivity index (χ4n) is 2.65. The van der Waals surface area contributed by atoms with Crippen molar-refractivity contribution < 1.29 is 9.59 Å². The first-order valence-corrected chi connectivity index (χ1v) is 8.34. The van der Waals surface area contributed by atoms with Crippen LogP contribution in [0, 0.1) is 0 Å². The molecule has 0 spiro atoms. The summed E-state index contributed by atoms with van der Waals surface area (Å²) in [6.45, 7) is 0.639. The van der Waals surface area contributed by atoms with E-state index in [9.17, 15) is 9.59 Å². The van der Waals surface area contributed by atoms with Gasteiger partial charge in [0.05, 0.1) is 4.48 Å². The first-order valence-electron chi connectivity index (χ1n) is 7.54. The fourth-order valence-corrected chi connectivity index (χ4v) is 3.19. The number of hydrogen-bond donors (Lipinski definition) is 1. The van der Waals surface area contributed by atoms with E-state index in [1.54, 1.807) is 24.3 Å². The van der Waals surface area contributed by atoms with Gasteiger partial charge in [0, 0.05) is 17.7 Å². The quantitative estimate of drug-likeness (QED) is 0.813. The molecule has 0 radical (unpaired) electrons. The molecule has 0 heterocycles. The second-order valence-corrected chi connectivity index (χ2v) is 6.20. The Morgan fingerprint density at radius 1 is 0.826 bits per heavy atom. The maximum Gasteiger partial charge on any atom is 0.210 e. The van der Waals surface area contributed by atoms with E-state index in [4.69, 9.17) is 0 Å². The maximum absolute atomic E-state index is 12.5. The standard InChI is InChI=1S/C19H16BrNO2/c20-16-17(21-12-6-9-13-7-2-1-3-8-13)19(23)15-11-5-4-10-14(15)18(16)22/h1-5,7-8,10-11,21H,6,9,12H2. The molecule has 0 amide bonds. The number of carbonyl (C=O) groups excluding carboxylic acids is 2. The van der Waals surface area contributed by atoms with Crippen LogP contribution in [0.25, 0.3) is 0 Å². The molecule has 3 nitrogen and oxygen atoms in total. The van der Waals surface area contributed by atoms with E-state index in [-0.39, 0.29) is 11.6 Å². The van der Waals surface area contributed by atoms with Gasteiger partial charge in [-0.15, -0.1) is 0 Å². The van der Waals surface area contributed by atoms with E-state index in [1.807, 2.05) is 18.2 Å². The van der Waals surface area contributed by atoms with Crippen molar-refractivity contribution in [1.29, 1.82) is 0 Å². The molecule has 0 unspecified atom stereocenters. The lowest BCUT2D eigenvalue weighted by molar-refractivity contribution is 0.0976. The second-order valence-electron chi connectivity index (χ2n) is 5.41. The molecule has 2 aromatic carbocycles. The van der Waals surface area contributed by atoms with Crippen molar-refractivity contribution in [3.05, 3.63) is 81.5 Å². The third kappa shape index (κ3) is 3.27. The molecule has 3 rings (SSSR count). The summed E-state index contributed by atoms with van der Waals surface area (Å²) in [5, 5.41) is 3.13. The van der Waals surface area contributed by atoms with E-state index in [0.29, 0.717) is 27.9 Å². The smallest absolute Gasteiger partial charge is 0.210 e. The van der Waals surface area contributed by atoms with Crippen LogP contribution in [0.2, 0.25) is 0 Å². The van der Waals surface area contributed by atoms with E-state index in [2.05, 4.69) is 33.4 Å². The van der Waals surface area contributed by atoms with Gasteiger partial charge in [-0.1, -0.05) is 54.6 Å². The highest BCUT2D eigenvalue weighted by atomic mass is 79.9. The SMILES string of the molecule is O=C1C(Br)=C(NCCCc2ccccc2)C(=O)c2ccccc21. The number of halogens is 1. The first-order chi connectivity index (χ1) is 11.2. The number of aryl methyl sites for hydroxylation is 1. The van der Waals surface area contributed by atoms with Crippen molar-refractivity contribution in [3.63, 3.8) is 0 Å². The molecular formula is C19H16BrNO2. The molecule has 0 aliphatic heterocycles. The number of Topliss-reactive ketones (excluding diaryl/α,β-unsaturated/α-hetero) is 2. The van der Waals surface area contributed by atoms with Gasteiger partial charge in [-0.25, -0.2) is 0 Å². The molecule has 1 aliphatic carbocycles. The lowest BCUT2D eigenvalue weighted by atomic mass is 9.92. The van der Waals surface area contributed by atoms with E-state index >= 15 is 0 Å². The Hall–Kier alpha value is -2.20. The van der Waals surface area contributed by atoms with Crippen molar-refractivity contribution in [2.45, 2.75) is 12.8 Å². The normalized spacial score (nSPS) is 14.0. The summed E-state index contributed by atoms with van der Waals surface area (Å²) in [7, 11) is 0. The summed E-state index contributed by atoms with van der Waals surface area (Å²) < 4.78 is 0.320. The summed E-state index contributed by atoms with van der Waals surface area (Å²) in [6, 6.07) is 17.1. The number of ketones is 2. The van der Waals surface area contributed by atoms with Crippen LogP contribution in [-0.4, -0.2) is 18.1 Å². The van der Waals surface area contributed by atoms with E-state index in [0.717, 1.165) is 12.8 Å². The summed E-state index contributed by atoms with van der Waals surface area (Å²) in [5.41, 5.74) is 2.55. The summed E-state index contributed by atoms with van der Waals surface area (Å²) >= 11 is 3.27. The Morgan fingerprint density at radius 2 is 1.43 bits per heavy atom. The van der Waals surface area contributed by atoms with Crippen LogP contribution in [0.15, 0.2) is 64.8 Å². The number of carbonyl (C=O) groups is 2. The van der Waals surface area contributed by atoms with Gasteiger partial charge < -0.3 is 5.32 Å². The van der Waals surface area contributed by atoms with Gasteiger partial charge in [0.25, 0.3) is 0 Å². The first kappa shape index (κ1) is 15.7. The lowest BCUT2D eigenvalue weighted by Gasteiger charge is -2.19. The monoisotopic (exact) mass is 369 g/mol. The van der Waals surface area contributed by atoms with Gasteiger partial charge in [-0.3, -0.25) is 9.59 Å². The predicted octanol–water partition coefficient (Wildman–Crippen LogP) is 3.89. The van der Waals surface area contributed by atoms with Crippen LogP contribution in [0.1, 0.15) is 32.7 Å². The van der Waals surface area contributed by atoms with Crippen molar-refractivity contribution in [3.8, 4) is 0 Å². The minimum atomic E-state index is -0.147. The van der Waals surface area contributed by atoms with Crippen molar-refractivity contribution >= 4 is 27.5 Å². The van der Waals surface area contributed by atoms with Gasteiger partial charge in [-0.2, -0.15) is 0 Å². The molecule has 0 saturated carbocycles. The zero-order valence-electron chi connectivity index (χ0n) is 12.5. The highest BCUT2D eigenvalue weighted by molar-refractivity contribution is 9.12. The molecule has 0 aromatic heterocycles. The largest absolute Gasteiger partial charge is 0.381 e. The van der Waals surface area contributed by atoms with Crippen molar-refractivity contribution in [1.82, 2.24) is 5.32 Å². The summed E-state index contributed by atoms with van der Waals surface area (Å²) in [5.74, 6) is -0.280. The zero-order chi connectivity index (χ0) is 16.2. The molecule has 0 saturated heterocycles. The topological polar surface area (TPSA) is 46.2 Å². The lowest BCUT2D eigenvalue weighted by Crippen LogP contribution is -2.29. The number of hydrogen-bond acceptors (Lipinski definition) is 3. The average Bonchev–Trinajstić information content (AvgIpc) is 2.60. The third-order valence-electron chi connectivity index (χ3n) is 3.85. The van der Waals surface area contributed by atoms with Crippen LogP contribution >= 0.6 is 15.9 Å². The molecule has 1 aliphatic rings. The Balaban J connectivity index is 1.67. The van der Waals surface area contributed by atoms with Gasteiger partial charge in [0.1, 0.15) is 5.70 Å². The highest BCUT2D eigenvalue weighted by Crippen LogP contribution is 2.28. The molecule has 23 heavy (non-hydrogen) atoms. The molecular weight excluding hydrogens is 354 g/mol. The summed E-state index contributed by atoms with van der Waals surface area (Å²) in [6.07, 6.45) is 1.81. The molecule has 0 atom stereocenters. The van der Waals surface area contributed by atoms with Gasteiger partial charge in [-0.05, 0) is 34.3 Å². The molecule has 116 valence electrons. The number of nitrogens with one attached hydrogen (secondary N) is 1. The highest BCUT2D eigenvalue weighted by Gasteiger charge is 2.30. The molecule has 0 fully saturated rings. The molecule has 2 aromatic rings. The fraction of sp³-hybridized carbons (Fsp3) is 0.158. The Bertz CT molecular complexity index is 781. The Kier molecular flexibility index (Phi) is 4.72. The number of benzene rings is 2. The van der Waals surface area contributed by atoms with E-state index in [1.165, 1.54) is 5.56 Å². The molecule has 4 heteroatoms. The Morgan fingerprint density at radius 3 is 2.13 bits per heavy atom. The summed E-state index contributed by atoms with van der Waals surface area (Å²) in [4.78, 5) is 24.9. The number of fused-ring (bicyclic) bond motifs is 1. The molecule has 0 bridgehead atoms. The zero-order valence-corrected chi connectivity index (χ0v) is 14.1. The second kappa shape index (κ2) is 6.92. The third-order valence-corrected chi connectivity index (χ3v) is 4.61. The molecule has 1 N–H and O–H groups in total. The van der Waals surface area contributed by atoms with Crippen LogP contribution in [-0.2, 0) is 6.42 Å². The van der Waals surface area contributed by atoms with Crippen LogP contribution < -0.4 is 5.32 Å². The van der Waals surface area contributed by atoms with Crippen LogP contribution in [0.3, 0.4) is 0 Å². The van der Waals surface area contributed by atoms with Gasteiger partial charge >= 0.3 is 0 Å².